The van der Waals surface area contributed by atoms with Crippen molar-refractivity contribution >= 4 is 83.0 Å². The Bertz CT molecular complexity index is 1260. The normalized spacial score (nSPS) is 11.5. The zero-order valence-electron chi connectivity index (χ0n) is 15.5. The van der Waals surface area contributed by atoms with Crippen LogP contribution in [0.15, 0.2) is 49.2 Å². The van der Waals surface area contributed by atoms with Gasteiger partial charge in [-0.25, -0.2) is 19.9 Å². The van der Waals surface area contributed by atoms with Gasteiger partial charge in [-0.3, -0.25) is 0 Å². The summed E-state index contributed by atoms with van der Waals surface area (Å²) in [5.41, 5.74) is 4.71. The Morgan fingerprint density at radius 3 is 2.25 bits per heavy atom. The van der Waals surface area contributed by atoms with Crippen molar-refractivity contribution in [2.75, 3.05) is 7.11 Å². The van der Waals surface area contributed by atoms with Crippen LogP contribution in [0.25, 0.3) is 20.3 Å². The minimum atomic E-state index is 0. The van der Waals surface area contributed by atoms with Crippen LogP contribution >= 0.6 is 68.4 Å². The maximum absolute atomic E-state index is 6.18. The molecule has 0 amide bonds. The molecular weight excluding hydrogens is 675 g/mol. The minimum Gasteiger partial charge on any atom is -0.497 e. The van der Waals surface area contributed by atoms with Crippen molar-refractivity contribution in [3.8, 4) is 11.4 Å². The molecule has 0 N–H and O–H groups in total. The minimum absolute atomic E-state index is 0. The van der Waals surface area contributed by atoms with Crippen molar-refractivity contribution in [2.24, 2.45) is 0 Å². The second-order valence-corrected chi connectivity index (χ2v) is 9.19. The van der Waals surface area contributed by atoms with E-state index in [0.717, 1.165) is 43.7 Å². The van der Waals surface area contributed by atoms with E-state index in [2.05, 4.69) is 71.2 Å². The molecule has 0 saturated carbocycles. The van der Waals surface area contributed by atoms with Crippen molar-refractivity contribution in [3.05, 3.63) is 74.3 Å². The van der Waals surface area contributed by atoms with E-state index in [9.17, 15) is 0 Å². The van der Waals surface area contributed by atoms with E-state index in [4.69, 9.17) is 27.9 Å². The van der Waals surface area contributed by atoms with Gasteiger partial charge in [-0.15, -0.1) is 0 Å². The number of aromatic nitrogens is 5. The van der Waals surface area contributed by atoms with Crippen LogP contribution in [0, 0.1) is 3.57 Å². The van der Waals surface area contributed by atoms with Gasteiger partial charge in [0.05, 0.1) is 16.4 Å². The molecule has 4 aromatic rings. The van der Waals surface area contributed by atoms with Crippen molar-refractivity contribution < 1.29 is 4.74 Å². The lowest BCUT2D eigenvalue weighted by molar-refractivity contribution is 0.415. The fraction of sp³-hybridized carbons (Fsp3) is 0.182. The lowest BCUT2D eigenvalue weighted by Crippen LogP contribution is -1.94. The van der Waals surface area contributed by atoms with Gasteiger partial charge >= 0.3 is 0 Å². The molecule has 0 bridgehead atoms. The van der Waals surface area contributed by atoms with Gasteiger partial charge < -0.3 is 9.30 Å². The Morgan fingerprint density at radius 1 is 0.938 bits per heavy atom. The van der Waals surface area contributed by atoms with Crippen LogP contribution in [0.4, 0.5) is 0 Å². The van der Waals surface area contributed by atoms with Gasteiger partial charge in [0, 0.05) is 21.0 Å². The Balaban J connectivity index is 0.000000241. The number of hydrogen-bond donors (Lipinski definition) is 0. The molecule has 0 saturated heterocycles. The van der Waals surface area contributed by atoms with E-state index < -0.39 is 0 Å². The average molecular weight is 696 g/mol. The van der Waals surface area contributed by atoms with E-state index in [1.807, 2.05) is 35.0 Å². The molecule has 3 aromatic heterocycles. The number of ether oxygens (including phenoxy) is 1. The molecule has 32 heavy (non-hydrogen) atoms. The predicted octanol–water partition coefficient (Wildman–Crippen LogP) is 7.42. The number of hydrogen-bond acceptors (Lipinski definition) is 5. The summed E-state index contributed by atoms with van der Waals surface area (Å²) in [6.45, 7) is 0. The summed E-state index contributed by atoms with van der Waals surface area (Å²) in [5, 5.41) is 1.03. The number of methoxy groups -OCH3 is 1. The van der Waals surface area contributed by atoms with Crippen molar-refractivity contribution in [1.29, 1.82) is 0 Å². The van der Waals surface area contributed by atoms with Gasteiger partial charge in [-0.2, -0.15) is 0 Å². The Morgan fingerprint density at radius 2 is 1.59 bits per heavy atom. The van der Waals surface area contributed by atoms with Gasteiger partial charge in [0.25, 0.3) is 0 Å². The standard InChI is InChI=1S/C13H9ClIN3O.C7H4ClIN2.2CH4/c1-19-9-4-2-8(3-5-9)18-6-10(15)11-12(18)13(14)17-7-16-11;8-7-4-1-2-5(9)6(4)10-3-11-7;;/h2-7H,1H3;2-3H,1H2;2*1H4. The van der Waals surface area contributed by atoms with Crippen molar-refractivity contribution in [1.82, 2.24) is 24.5 Å². The number of allylic oxidation sites excluding steroid dienone is 1. The lowest BCUT2D eigenvalue weighted by Gasteiger charge is -2.06. The molecule has 0 unspecified atom stereocenters. The molecule has 0 spiro atoms. The molecule has 0 aliphatic heterocycles. The second-order valence-electron chi connectivity index (χ2n) is 6.15. The lowest BCUT2D eigenvalue weighted by atomic mass is 10.2. The molecular formula is C22H21Cl2I2N5O. The summed E-state index contributed by atoms with van der Waals surface area (Å²) < 4.78 is 9.35. The summed E-state index contributed by atoms with van der Waals surface area (Å²) >= 11 is 16.5. The maximum atomic E-state index is 6.18. The molecule has 0 fully saturated rings. The monoisotopic (exact) mass is 695 g/mol. The van der Waals surface area contributed by atoms with Crippen molar-refractivity contribution in [2.45, 2.75) is 21.3 Å². The fourth-order valence-corrected chi connectivity index (χ4v) is 4.79. The summed E-state index contributed by atoms with van der Waals surface area (Å²) in [7, 11) is 1.65. The third-order valence-electron chi connectivity index (χ3n) is 4.44. The van der Waals surface area contributed by atoms with Gasteiger partial charge in [0.1, 0.15) is 34.6 Å². The highest BCUT2D eigenvalue weighted by atomic mass is 127. The van der Waals surface area contributed by atoms with Crippen LogP contribution in [0.1, 0.15) is 26.1 Å². The van der Waals surface area contributed by atoms with Crippen LogP contribution in [0.5, 0.6) is 5.75 Å². The maximum Gasteiger partial charge on any atom is 0.157 e. The predicted molar refractivity (Wildman–Crippen MR) is 149 cm³/mol. The van der Waals surface area contributed by atoms with Crippen LogP contribution in [-0.4, -0.2) is 31.6 Å². The number of benzene rings is 1. The van der Waals surface area contributed by atoms with Gasteiger partial charge in [-0.1, -0.05) is 44.1 Å². The summed E-state index contributed by atoms with van der Waals surface area (Å²) in [5.74, 6) is 0.817. The van der Waals surface area contributed by atoms with E-state index >= 15 is 0 Å². The summed E-state index contributed by atoms with van der Waals surface area (Å²) in [6.07, 6.45) is 7.94. The zero-order chi connectivity index (χ0) is 21.3. The molecule has 168 valence electrons. The number of fused-ring (bicyclic) bond motifs is 2. The Labute approximate surface area is 224 Å². The molecule has 5 rings (SSSR count). The van der Waals surface area contributed by atoms with E-state index in [1.54, 1.807) is 7.11 Å². The third-order valence-corrected chi connectivity index (χ3v) is 6.79. The van der Waals surface area contributed by atoms with E-state index in [0.29, 0.717) is 10.3 Å². The Hall–Kier alpha value is -1.50. The van der Waals surface area contributed by atoms with E-state index in [-0.39, 0.29) is 14.9 Å². The smallest absolute Gasteiger partial charge is 0.157 e. The first-order chi connectivity index (χ1) is 14.5. The summed E-state index contributed by atoms with van der Waals surface area (Å²) in [6, 6.07) is 7.76. The SMILES string of the molecule is C.C.COc1ccc(-n2cc(I)c3ncnc(Cl)c32)cc1.Clc1ncnc2c1CC=C2I. The van der Waals surface area contributed by atoms with Crippen LogP contribution < -0.4 is 4.74 Å². The number of nitrogens with zero attached hydrogens (tertiary/aromatic N) is 5. The quantitative estimate of drug-likeness (QED) is 0.161. The van der Waals surface area contributed by atoms with Crippen LogP contribution in [0.3, 0.4) is 0 Å². The highest BCUT2D eigenvalue weighted by molar-refractivity contribution is 14.1. The second kappa shape index (κ2) is 11.6. The number of rotatable bonds is 2. The summed E-state index contributed by atoms with van der Waals surface area (Å²) in [4.78, 5) is 16.4. The van der Waals surface area contributed by atoms with Gasteiger partial charge in [-0.05, 0) is 75.9 Å². The zero-order valence-corrected chi connectivity index (χ0v) is 21.3. The molecule has 10 heteroatoms. The molecule has 1 aromatic carbocycles. The van der Waals surface area contributed by atoms with Gasteiger partial charge in [0.2, 0.25) is 0 Å². The fourth-order valence-electron chi connectivity index (χ4n) is 3.00. The highest BCUT2D eigenvalue weighted by Gasteiger charge is 2.16. The Kier molecular flexibility index (Phi) is 9.68. The molecule has 0 radical (unpaired) electrons. The largest absolute Gasteiger partial charge is 0.497 e. The molecule has 0 atom stereocenters. The average Bonchev–Trinajstić information content (AvgIpc) is 3.31. The van der Waals surface area contributed by atoms with Gasteiger partial charge in [0.15, 0.2) is 5.15 Å². The van der Waals surface area contributed by atoms with Crippen LogP contribution in [-0.2, 0) is 6.42 Å². The molecule has 6 nitrogen and oxygen atoms in total. The first-order valence-electron chi connectivity index (χ1n) is 8.66. The first-order valence-corrected chi connectivity index (χ1v) is 11.6. The number of halogens is 4. The van der Waals surface area contributed by atoms with Crippen molar-refractivity contribution in [3.63, 3.8) is 0 Å². The van der Waals surface area contributed by atoms with E-state index in [1.165, 1.54) is 16.2 Å². The molecule has 3 heterocycles. The first kappa shape index (κ1) is 26.7. The highest BCUT2D eigenvalue weighted by Crippen LogP contribution is 2.33. The van der Waals surface area contributed by atoms with Crippen LogP contribution in [0.2, 0.25) is 10.3 Å². The molecule has 1 aliphatic rings. The third kappa shape index (κ3) is 5.35. The topological polar surface area (TPSA) is 65.7 Å². The molecule has 1 aliphatic carbocycles.